The first kappa shape index (κ1) is 13.1. The van der Waals surface area contributed by atoms with E-state index in [4.69, 9.17) is 0 Å². The van der Waals surface area contributed by atoms with Gasteiger partial charge >= 0.3 is 0 Å². The van der Waals surface area contributed by atoms with Crippen molar-refractivity contribution in [2.24, 2.45) is 0 Å². The largest absolute Gasteiger partial charge is 0.388 e. The van der Waals surface area contributed by atoms with Gasteiger partial charge in [-0.05, 0) is 30.7 Å². The molecule has 0 radical (unpaired) electrons. The van der Waals surface area contributed by atoms with Crippen molar-refractivity contribution in [2.45, 2.75) is 6.92 Å². The molecule has 1 fully saturated rings. The summed E-state index contributed by atoms with van der Waals surface area (Å²) in [6, 6.07) is 5.66. The molecule has 1 aromatic carbocycles. The Hall–Kier alpha value is -1.36. The highest BCUT2D eigenvalue weighted by Gasteiger charge is 2.21. The van der Waals surface area contributed by atoms with E-state index < -0.39 is 10.8 Å². The minimum atomic E-state index is -0.747. The van der Waals surface area contributed by atoms with E-state index in [-0.39, 0.29) is 5.91 Å². The topological polar surface area (TPSA) is 49.4 Å². The molecule has 0 bridgehead atoms. The molecule has 1 aliphatic rings. The summed E-state index contributed by atoms with van der Waals surface area (Å²) in [5.41, 5.74) is 2.80. The van der Waals surface area contributed by atoms with Gasteiger partial charge in [0.25, 0.3) is 5.91 Å². The summed E-state index contributed by atoms with van der Waals surface area (Å²) in [6.07, 6.45) is 0. The summed E-state index contributed by atoms with van der Waals surface area (Å²) in [6.45, 7) is 3.17. The van der Waals surface area contributed by atoms with Gasteiger partial charge in [0, 0.05) is 53.7 Å². The average molecular weight is 266 g/mol. The van der Waals surface area contributed by atoms with Gasteiger partial charge in [0.2, 0.25) is 0 Å². The third-order valence-electron chi connectivity index (χ3n) is 3.21. The van der Waals surface area contributed by atoms with Gasteiger partial charge in [0.1, 0.15) is 0 Å². The second-order valence-electron chi connectivity index (χ2n) is 4.42. The summed E-state index contributed by atoms with van der Waals surface area (Å²) in [7, 11) is 1.12. The Morgan fingerprint density at radius 1 is 1.33 bits per heavy atom. The molecule has 0 unspecified atom stereocenters. The highest BCUT2D eigenvalue weighted by atomic mass is 32.2. The lowest BCUT2D eigenvalue weighted by molar-refractivity contribution is 0.0771. The van der Waals surface area contributed by atoms with Crippen LogP contribution in [-0.2, 0) is 10.8 Å². The van der Waals surface area contributed by atoms with Crippen LogP contribution < -0.4 is 5.32 Å². The lowest BCUT2D eigenvalue weighted by Gasteiger charge is -2.26. The van der Waals surface area contributed by atoms with E-state index in [0.717, 1.165) is 11.3 Å². The van der Waals surface area contributed by atoms with E-state index in [2.05, 4.69) is 5.32 Å². The first-order valence-corrected chi connectivity index (χ1v) is 7.53. The Bertz CT molecular complexity index is 478. The van der Waals surface area contributed by atoms with Crippen molar-refractivity contribution in [1.29, 1.82) is 0 Å². The molecule has 1 amide bonds. The molecule has 0 aromatic heterocycles. The Kier molecular flexibility index (Phi) is 4.01. The van der Waals surface area contributed by atoms with Crippen molar-refractivity contribution in [3.63, 3.8) is 0 Å². The normalized spacial score (nSPS) is 16.7. The van der Waals surface area contributed by atoms with Crippen LogP contribution in [-0.4, -0.2) is 46.7 Å². The number of aryl methyl sites for hydroxylation is 1. The first-order valence-electron chi connectivity index (χ1n) is 6.04. The van der Waals surface area contributed by atoms with E-state index in [9.17, 15) is 9.00 Å². The lowest BCUT2D eigenvalue weighted by Crippen LogP contribution is -2.41. The van der Waals surface area contributed by atoms with Crippen LogP contribution in [0, 0.1) is 6.92 Å². The van der Waals surface area contributed by atoms with Gasteiger partial charge in [-0.3, -0.25) is 9.00 Å². The predicted molar refractivity (Wildman–Crippen MR) is 74.5 cm³/mol. The highest BCUT2D eigenvalue weighted by Crippen LogP contribution is 2.17. The number of hydrogen-bond acceptors (Lipinski definition) is 3. The number of carbonyl (C=O) groups is 1. The van der Waals surface area contributed by atoms with E-state index in [1.54, 1.807) is 4.90 Å². The minimum absolute atomic E-state index is 0.0393. The number of nitrogens with one attached hydrogen (secondary N) is 1. The third-order valence-corrected chi connectivity index (χ3v) is 4.48. The molecule has 0 spiro atoms. The molecule has 2 rings (SSSR count). The van der Waals surface area contributed by atoms with Gasteiger partial charge in [-0.15, -0.1) is 0 Å². The maximum Gasteiger partial charge on any atom is 0.253 e. The molecular weight excluding hydrogens is 248 g/mol. The van der Waals surface area contributed by atoms with Crippen LogP contribution >= 0.6 is 0 Å². The van der Waals surface area contributed by atoms with Gasteiger partial charge < -0.3 is 10.2 Å². The monoisotopic (exact) mass is 266 g/mol. The van der Waals surface area contributed by atoms with Crippen LogP contribution in [0.3, 0.4) is 0 Å². The van der Waals surface area contributed by atoms with Crippen LogP contribution in [0.5, 0.6) is 0 Å². The molecule has 4 nitrogen and oxygen atoms in total. The van der Waals surface area contributed by atoms with Gasteiger partial charge in [0.05, 0.1) is 0 Å². The number of carbonyl (C=O) groups excluding carboxylic acids is 1. The second kappa shape index (κ2) is 5.52. The molecule has 1 heterocycles. The summed E-state index contributed by atoms with van der Waals surface area (Å²) >= 11 is 0. The van der Waals surface area contributed by atoms with Crippen LogP contribution in [0.15, 0.2) is 18.2 Å². The highest BCUT2D eigenvalue weighted by molar-refractivity contribution is 7.85. The maximum atomic E-state index is 12.3. The average Bonchev–Trinajstić information content (AvgIpc) is 2.38. The van der Waals surface area contributed by atoms with Crippen molar-refractivity contribution in [3.8, 4) is 0 Å². The smallest absolute Gasteiger partial charge is 0.253 e. The zero-order valence-corrected chi connectivity index (χ0v) is 11.5. The third kappa shape index (κ3) is 2.72. The molecule has 1 aromatic rings. The van der Waals surface area contributed by atoms with Crippen LogP contribution in [0.1, 0.15) is 15.9 Å². The molecule has 1 aliphatic heterocycles. The number of rotatable bonds is 2. The number of anilines is 1. The molecule has 18 heavy (non-hydrogen) atoms. The Morgan fingerprint density at radius 2 is 2.00 bits per heavy atom. The molecular formula is C13H18N2O2S. The van der Waals surface area contributed by atoms with Crippen molar-refractivity contribution < 1.29 is 9.00 Å². The standard InChI is InChI=1S/C13H18N2O2S/c1-10-9-11(3-4-12(10)14-2)13(16)15-5-7-18(17)8-6-15/h3-4,9,14H,5-8H2,1-2H3. The molecule has 0 atom stereocenters. The maximum absolute atomic E-state index is 12.3. The van der Waals surface area contributed by atoms with E-state index in [1.807, 2.05) is 32.2 Å². The molecule has 1 saturated heterocycles. The lowest BCUT2D eigenvalue weighted by atomic mass is 10.1. The number of nitrogens with zero attached hydrogens (tertiary/aromatic N) is 1. The molecule has 5 heteroatoms. The van der Waals surface area contributed by atoms with Crippen molar-refractivity contribution in [3.05, 3.63) is 29.3 Å². The summed E-state index contributed by atoms with van der Waals surface area (Å²) in [4.78, 5) is 14.1. The van der Waals surface area contributed by atoms with E-state index >= 15 is 0 Å². The molecule has 1 N–H and O–H groups in total. The predicted octanol–water partition coefficient (Wildman–Crippen LogP) is 1.24. The number of benzene rings is 1. The Balaban J connectivity index is 2.13. The van der Waals surface area contributed by atoms with Gasteiger partial charge in [-0.2, -0.15) is 0 Å². The fourth-order valence-electron chi connectivity index (χ4n) is 2.10. The first-order chi connectivity index (χ1) is 8.61. The van der Waals surface area contributed by atoms with Gasteiger partial charge in [0.15, 0.2) is 0 Å². The number of amides is 1. The number of hydrogen-bond donors (Lipinski definition) is 1. The molecule has 98 valence electrons. The molecule has 0 aliphatic carbocycles. The van der Waals surface area contributed by atoms with E-state index in [0.29, 0.717) is 30.2 Å². The quantitative estimate of drug-likeness (QED) is 0.876. The van der Waals surface area contributed by atoms with Gasteiger partial charge in [-0.25, -0.2) is 0 Å². The zero-order chi connectivity index (χ0) is 13.1. The SMILES string of the molecule is CNc1ccc(C(=O)N2CCS(=O)CC2)cc1C. The summed E-state index contributed by atoms with van der Waals surface area (Å²) in [5.74, 6) is 1.23. The summed E-state index contributed by atoms with van der Waals surface area (Å²) in [5, 5.41) is 3.08. The van der Waals surface area contributed by atoms with Crippen molar-refractivity contribution in [1.82, 2.24) is 4.90 Å². The van der Waals surface area contributed by atoms with Crippen LogP contribution in [0.25, 0.3) is 0 Å². The zero-order valence-electron chi connectivity index (χ0n) is 10.7. The van der Waals surface area contributed by atoms with Crippen LogP contribution in [0.4, 0.5) is 5.69 Å². The fourth-order valence-corrected chi connectivity index (χ4v) is 3.15. The second-order valence-corrected chi connectivity index (χ2v) is 6.12. The Labute approximate surface area is 110 Å². The fraction of sp³-hybridized carbons (Fsp3) is 0.462. The molecule has 0 saturated carbocycles. The van der Waals surface area contributed by atoms with E-state index in [1.165, 1.54) is 0 Å². The van der Waals surface area contributed by atoms with Crippen molar-refractivity contribution in [2.75, 3.05) is 37.0 Å². The van der Waals surface area contributed by atoms with Crippen LogP contribution in [0.2, 0.25) is 0 Å². The summed E-state index contributed by atoms with van der Waals surface area (Å²) < 4.78 is 11.3. The van der Waals surface area contributed by atoms with Gasteiger partial charge in [-0.1, -0.05) is 0 Å². The minimum Gasteiger partial charge on any atom is -0.388 e. The van der Waals surface area contributed by atoms with Crippen molar-refractivity contribution >= 4 is 22.4 Å². The Morgan fingerprint density at radius 3 is 2.56 bits per heavy atom.